The number of hydrogen-bond donors (Lipinski definition) is 2. The Kier molecular flexibility index (Phi) is 9.04. The summed E-state index contributed by atoms with van der Waals surface area (Å²) in [5.74, 6) is 0.158. The molecule has 0 aromatic heterocycles. The first-order valence-corrected chi connectivity index (χ1v) is 11.7. The van der Waals surface area contributed by atoms with Crippen molar-refractivity contribution in [2.24, 2.45) is 0 Å². The number of nitrogens with one attached hydrogen (secondary N) is 2. The monoisotopic (exact) mass is 453 g/mol. The van der Waals surface area contributed by atoms with Crippen molar-refractivity contribution in [2.45, 2.75) is 45.4 Å². The van der Waals surface area contributed by atoms with E-state index in [1.54, 1.807) is 30.3 Å². The van der Waals surface area contributed by atoms with Gasteiger partial charge in [-0.05, 0) is 62.2 Å². The minimum absolute atomic E-state index is 0.0206. The first-order chi connectivity index (χ1) is 15.6. The molecule has 32 heavy (non-hydrogen) atoms. The summed E-state index contributed by atoms with van der Waals surface area (Å²) in [6.45, 7) is 4.23. The van der Waals surface area contributed by atoms with Gasteiger partial charge in [0.25, 0.3) is 11.8 Å². The molecule has 0 atom stereocenters. The van der Waals surface area contributed by atoms with Gasteiger partial charge in [-0.2, -0.15) is 0 Å². The molecule has 2 aromatic carbocycles. The van der Waals surface area contributed by atoms with Crippen LogP contribution in [0.2, 0.25) is 0 Å². The van der Waals surface area contributed by atoms with E-state index in [1.807, 2.05) is 23.1 Å². The van der Waals surface area contributed by atoms with Crippen molar-refractivity contribution < 1.29 is 14.3 Å². The van der Waals surface area contributed by atoms with Crippen molar-refractivity contribution in [2.75, 3.05) is 25.0 Å². The van der Waals surface area contributed by atoms with Crippen molar-refractivity contribution in [3.05, 3.63) is 59.7 Å². The van der Waals surface area contributed by atoms with Crippen LogP contribution in [0.4, 0.5) is 5.69 Å². The molecule has 0 unspecified atom stereocenters. The zero-order valence-corrected chi connectivity index (χ0v) is 19.4. The highest BCUT2D eigenvalue weighted by molar-refractivity contribution is 7.80. The van der Waals surface area contributed by atoms with Gasteiger partial charge in [0, 0.05) is 13.1 Å². The molecular weight excluding hydrogens is 422 g/mol. The second-order valence-electron chi connectivity index (χ2n) is 7.86. The van der Waals surface area contributed by atoms with Crippen LogP contribution in [0.25, 0.3) is 0 Å². The number of carbonyl (C=O) groups excluding carboxylic acids is 2. The van der Waals surface area contributed by atoms with Gasteiger partial charge in [-0.15, -0.1) is 0 Å². The van der Waals surface area contributed by atoms with Crippen LogP contribution >= 0.6 is 12.2 Å². The standard InChI is InChI=1S/C25H31N3O3S/c1-2-3-11-18-31-22-15-8-6-13-20(22)23(29)27-25(32)26-21-14-7-5-12-19(21)24(30)28-16-9-4-10-17-28/h5-8,12-15H,2-4,9-11,16-18H2,1H3,(H2,26,27,29,32). The number of likely N-dealkylation sites (tertiary alicyclic amines) is 1. The van der Waals surface area contributed by atoms with E-state index >= 15 is 0 Å². The molecule has 0 radical (unpaired) electrons. The number of piperidine rings is 1. The maximum atomic E-state index is 13.0. The number of carbonyl (C=O) groups is 2. The lowest BCUT2D eigenvalue weighted by atomic mass is 10.1. The van der Waals surface area contributed by atoms with Crippen LogP contribution in [0, 0.1) is 0 Å². The van der Waals surface area contributed by atoms with Crippen molar-refractivity contribution in [3.8, 4) is 5.75 Å². The summed E-state index contributed by atoms with van der Waals surface area (Å²) < 4.78 is 5.80. The lowest BCUT2D eigenvalue weighted by Crippen LogP contribution is -2.37. The first kappa shape index (κ1) is 23.7. The van der Waals surface area contributed by atoms with Gasteiger partial charge in [-0.1, -0.05) is 44.0 Å². The second kappa shape index (κ2) is 12.2. The predicted octanol–water partition coefficient (Wildman–Crippen LogP) is 5.01. The van der Waals surface area contributed by atoms with E-state index < -0.39 is 0 Å². The lowest BCUT2D eigenvalue weighted by molar-refractivity contribution is 0.0725. The number of unbranched alkanes of at least 4 members (excludes halogenated alkanes) is 2. The zero-order valence-electron chi connectivity index (χ0n) is 18.6. The summed E-state index contributed by atoms with van der Waals surface area (Å²) in [7, 11) is 0. The van der Waals surface area contributed by atoms with E-state index in [9.17, 15) is 9.59 Å². The Hall–Kier alpha value is -2.93. The number of thiocarbonyl (C=S) groups is 1. The van der Waals surface area contributed by atoms with Gasteiger partial charge < -0.3 is 15.0 Å². The third-order valence-electron chi connectivity index (χ3n) is 5.41. The zero-order chi connectivity index (χ0) is 22.8. The maximum Gasteiger partial charge on any atom is 0.261 e. The van der Waals surface area contributed by atoms with Gasteiger partial charge in [0.2, 0.25) is 0 Å². The Balaban J connectivity index is 1.64. The molecule has 1 aliphatic rings. The van der Waals surface area contributed by atoms with Gasteiger partial charge in [0.1, 0.15) is 5.75 Å². The van der Waals surface area contributed by atoms with E-state index in [2.05, 4.69) is 17.6 Å². The fraction of sp³-hybridized carbons (Fsp3) is 0.400. The van der Waals surface area contributed by atoms with Gasteiger partial charge in [-0.3, -0.25) is 14.9 Å². The lowest BCUT2D eigenvalue weighted by Gasteiger charge is -2.27. The third-order valence-corrected chi connectivity index (χ3v) is 5.62. The number of nitrogens with zero attached hydrogens (tertiary/aromatic N) is 1. The van der Waals surface area contributed by atoms with E-state index in [0.29, 0.717) is 29.2 Å². The first-order valence-electron chi connectivity index (χ1n) is 11.3. The van der Waals surface area contributed by atoms with E-state index in [0.717, 1.165) is 51.6 Å². The van der Waals surface area contributed by atoms with Crippen LogP contribution < -0.4 is 15.4 Å². The molecule has 1 heterocycles. The number of anilines is 1. The molecule has 2 N–H and O–H groups in total. The van der Waals surface area contributed by atoms with Crippen LogP contribution in [0.1, 0.15) is 66.2 Å². The van der Waals surface area contributed by atoms with Gasteiger partial charge in [0.05, 0.1) is 23.4 Å². The fourth-order valence-corrected chi connectivity index (χ4v) is 3.89. The molecular formula is C25H31N3O3S. The van der Waals surface area contributed by atoms with E-state index in [1.165, 1.54) is 0 Å². The molecule has 7 heteroatoms. The van der Waals surface area contributed by atoms with E-state index in [4.69, 9.17) is 17.0 Å². The van der Waals surface area contributed by atoms with Gasteiger partial charge >= 0.3 is 0 Å². The van der Waals surface area contributed by atoms with Crippen molar-refractivity contribution in [1.29, 1.82) is 0 Å². The number of para-hydroxylation sites is 2. The topological polar surface area (TPSA) is 70.7 Å². The quantitative estimate of drug-likeness (QED) is 0.434. The Morgan fingerprint density at radius 2 is 1.66 bits per heavy atom. The number of rotatable bonds is 8. The van der Waals surface area contributed by atoms with E-state index in [-0.39, 0.29) is 16.9 Å². The Bertz CT molecular complexity index is 942. The summed E-state index contributed by atoms with van der Waals surface area (Å²) in [6.07, 6.45) is 6.33. The van der Waals surface area contributed by atoms with Gasteiger partial charge in [0.15, 0.2) is 5.11 Å². The normalized spacial score (nSPS) is 13.3. The highest BCUT2D eigenvalue weighted by Gasteiger charge is 2.21. The summed E-state index contributed by atoms with van der Waals surface area (Å²) in [6, 6.07) is 14.4. The third kappa shape index (κ3) is 6.53. The van der Waals surface area contributed by atoms with Gasteiger partial charge in [-0.25, -0.2) is 0 Å². The van der Waals surface area contributed by atoms with Crippen LogP contribution in [0.15, 0.2) is 48.5 Å². The predicted molar refractivity (Wildman–Crippen MR) is 131 cm³/mol. The molecule has 170 valence electrons. The molecule has 0 saturated carbocycles. The summed E-state index contributed by atoms with van der Waals surface area (Å²) in [5.41, 5.74) is 1.55. The molecule has 3 rings (SSSR count). The smallest absolute Gasteiger partial charge is 0.261 e. The molecule has 0 aliphatic carbocycles. The number of ether oxygens (including phenoxy) is 1. The van der Waals surface area contributed by atoms with Crippen LogP contribution in [0.5, 0.6) is 5.75 Å². The largest absolute Gasteiger partial charge is 0.493 e. The Morgan fingerprint density at radius 1 is 0.969 bits per heavy atom. The Morgan fingerprint density at radius 3 is 2.41 bits per heavy atom. The minimum atomic E-state index is -0.353. The van der Waals surface area contributed by atoms with Crippen molar-refractivity contribution >= 4 is 34.8 Å². The number of hydrogen-bond acceptors (Lipinski definition) is 4. The van der Waals surface area contributed by atoms with Crippen LogP contribution in [0.3, 0.4) is 0 Å². The summed E-state index contributed by atoms with van der Waals surface area (Å²) in [5, 5.41) is 5.86. The molecule has 1 saturated heterocycles. The molecule has 2 aromatic rings. The highest BCUT2D eigenvalue weighted by Crippen LogP contribution is 2.21. The molecule has 2 amide bonds. The van der Waals surface area contributed by atoms with Crippen LogP contribution in [-0.2, 0) is 0 Å². The second-order valence-corrected chi connectivity index (χ2v) is 8.27. The Labute approximate surface area is 195 Å². The molecule has 6 nitrogen and oxygen atoms in total. The fourth-order valence-electron chi connectivity index (χ4n) is 3.68. The molecule has 1 fully saturated rings. The average Bonchev–Trinajstić information content (AvgIpc) is 2.82. The number of benzene rings is 2. The SMILES string of the molecule is CCCCCOc1ccccc1C(=O)NC(=S)Nc1ccccc1C(=O)N1CCCCC1. The van der Waals surface area contributed by atoms with Crippen LogP contribution in [-0.4, -0.2) is 41.5 Å². The summed E-state index contributed by atoms with van der Waals surface area (Å²) in [4.78, 5) is 27.7. The average molecular weight is 454 g/mol. The van der Waals surface area contributed by atoms with Crippen molar-refractivity contribution in [3.63, 3.8) is 0 Å². The molecule has 0 spiro atoms. The summed E-state index contributed by atoms with van der Waals surface area (Å²) >= 11 is 5.37. The highest BCUT2D eigenvalue weighted by atomic mass is 32.1. The molecule has 0 bridgehead atoms. The minimum Gasteiger partial charge on any atom is -0.493 e. The molecule has 1 aliphatic heterocycles. The van der Waals surface area contributed by atoms with Crippen molar-refractivity contribution in [1.82, 2.24) is 10.2 Å². The number of amides is 2. The maximum absolute atomic E-state index is 13.0.